The first-order valence-corrected chi connectivity index (χ1v) is 15.4. The number of rotatable bonds is 5. The maximum absolute atomic E-state index is 2.45. The third kappa shape index (κ3) is 3.91. The number of para-hydroxylation sites is 6. The fraction of sp³-hybridized carbons (Fsp3) is 0. The third-order valence-corrected chi connectivity index (χ3v) is 8.87. The number of hydrogen-bond acceptors (Lipinski definition) is 1. The van der Waals surface area contributed by atoms with E-state index in [1.54, 1.807) is 0 Å². The van der Waals surface area contributed by atoms with Crippen LogP contribution in [0.2, 0.25) is 0 Å². The van der Waals surface area contributed by atoms with Gasteiger partial charge in [-0.3, -0.25) is 0 Å². The molecule has 212 valence electrons. The summed E-state index contributed by atoms with van der Waals surface area (Å²) in [6.45, 7) is 0. The first-order valence-electron chi connectivity index (χ1n) is 15.4. The number of aromatic nitrogens is 2. The molecule has 0 saturated carbocycles. The topological polar surface area (TPSA) is 13.1 Å². The zero-order chi connectivity index (χ0) is 29.7. The summed E-state index contributed by atoms with van der Waals surface area (Å²) in [5.41, 5.74) is 10.4. The first kappa shape index (κ1) is 25.4. The third-order valence-electron chi connectivity index (χ3n) is 8.87. The molecule has 0 aliphatic heterocycles. The standard InChI is InChI=1S/C42H29N3/c1-4-16-30(17-5-1)43-37-26-13-11-23-35(37)41-38(43)27-15-28-39(41)44(31-18-6-2-7-19-31)40-29-14-24-34-33-22-10-12-25-36(33)45(42(34)40)32-20-8-3-9-21-32/h1-29H. The normalized spacial score (nSPS) is 11.6. The molecular formula is C42H29N3. The van der Waals surface area contributed by atoms with Crippen molar-refractivity contribution in [2.75, 3.05) is 4.90 Å². The number of benzene rings is 7. The van der Waals surface area contributed by atoms with Gasteiger partial charge in [-0.05, 0) is 66.7 Å². The molecule has 0 amide bonds. The summed E-state index contributed by atoms with van der Waals surface area (Å²) in [5, 5.41) is 4.92. The van der Waals surface area contributed by atoms with Gasteiger partial charge in [0.2, 0.25) is 0 Å². The minimum absolute atomic E-state index is 1.11. The maximum Gasteiger partial charge on any atom is 0.0782 e. The van der Waals surface area contributed by atoms with Gasteiger partial charge in [-0.2, -0.15) is 0 Å². The molecule has 0 aliphatic carbocycles. The summed E-state index contributed by atoms with van der Waals surface area (Å²) < 4.78 is 4.81. The highest BCUT2D eigenvalue weighted by Crippen LogP contribution is 2.47. The molecule has 0 aliphatic rings. The molecule has 3 nitrogen and oxygen atoms in total. The molecule has 2 aromatic heterocycles. The van der Waals surface area contributed by atoms with Crippen molar-refractivity contribution in [1.29, 1.82) is 0 Å². The molecule has 3 heteroatoms. The van der Waals surface area contributed by atoms with E-state index in [9.17, 15) is 0 Å². The van der Waals surface area contributed by atoms with Crippen LogP contribution in [0.25, 0.3) is 55.0 Å². The van der Waals surface area contributed by atoms with Gasteiger partial charge in [0.15, 0.2) is 0 Å². The molecule has 9 aromatic rings. The van der Waals surface area contributed by atoms with Crippen LogP contribution in [-0.4, -0.2) is 9.13 Å². The van der Waals surface area contributed by atoms with Gasteiger partial charge in [0, 0.05) is 38.6 Å². The average Bonchev–Trinajstić information content (AvgIpc) is 3.64. The van der Waals surface area contributed by atoms with Crippen molar-refractivity contribution >= 4 is 60.7 Å². The molecule has 9 rings (SSSR count). The molecule has 45 heavy (non-hydrogen) atoms. The largest absolute Gasteiger partial charge is 0.309 e. The Morgan fingerprint density at radius 2 is 0.822 bits per heavy atom. The van der Waals surface area contributed by atoms with Gasteiger partial charge >= 0.3 is 0 Å². The Balaban J connectivity index is 1.43. The van der Waals surface area contributed by atoms with Gasteiger partial charge in [-0.15, -0.1) is 0 Å². The minimum atomic E-state index is 1.11. The van der Waals surface area contributed by atoms with Crippen molar-refractivity contribution in [2.45, 2.75) is 0 Å². The van der Waals surface area contributed by atoms with Crippen molar-refractivity contribution in [2.24, 2.45) is 0 Å². The SMILES string of the molecule is c1ccc(N(c2cccc3c2c2ccccc2n3-c2ccccc2)c2cccc3c4ccccc4n(-c4ccccc4)c23)cc1. The number of hydrogen-bond donors (Lipinski definition) is 0. The molecule has 7 aromatic carbocycles. The zero-order valence-corrected chi connectivity index (χ0v) is 24.6. The number of nitrogens with zero attached hydrogens (tertiary/aromatic N) is 3. The average molecular weight is 576 g/mol. The lowest BCUT2D eigenvalue weighted by Crippen LogP contribution is -2.12. The summed E-state index contributed by atoms with van der Waals surface area (Å²) in [5.74, 6) is 0. The van der Waals surface area contributed by atoms with E-state index in [2.05, 4.69) is 190 Å². The van der Waals surface area contributed by atoms with Gasteiger partial charge in [-0.25, -0.2) is 0 Å². The summed E-state index contributed by atoms with van der Waals surface area (Å²) in [4.78, 5) is 2.45. The number of anilines is 3. The monoisotopic (exact) mass is 575 g/mol. The van der Waals surface area contributed by atoms with E-state index in [1.165, 1.54) is 43.6 Å². The van der Waals surface area contributed by atoms with Crippen molar-refractivity contribution in [1.82, 2.24) is 9.13 Å². The lowest BCUT2D eigenvalue weighted by Gasteiger charge is -2.28. The van der Waals surface area contributed by atoms with Crippen molar-refractivity contribution < 1.29 is 0 Å². The summed E-state index contributed by atoms with van der Waals surface area (Å²) in [6, 6.07) is 63.1. The Labute approximate surface area is 261 Å². The van der Waals surface area contributed by atoms with Crippen LogP contribution in [-0.2, 0) is 0 Å². The van der Waals surface area contributed by atoms with Crippen LogP contribution in [0.4, 0.5) is 17.1 Å². The quantitative estimate of drug-likeness (QED) is 0.199. The molecule has 2 heterocycles. The van der Waals surface area contributed by atoms with Crippen LogP contribution in [0, 0.1) is 0 Å². The van der Waals surface area contributed by atoms with Crippen LogP contribution in [0.5, 0.6) is 0 Å². The molecule has 0 saturated heterocycles. The Hall–Kier alpha value is -6.06. The predicted molar refractivity (Wildman–Crippen MR) is 190 cm³/mol. The molecule has 0 N–H and O–H groups in total. The Morgan fingerprint density at radius 3 is 1.53 bits per heavy atom. The van der Waals surface area contributed by atoms with Crippen molar-refractivity contribution in [3.8, 4) is 11.4 Å². The number of fused-ring (bicyclic) bond motifs is 6. The summed E-state index contributed by atoms with van der Waals surface area (Å²) in [7, 11) is 0. The van der Waals surface area contributed by atoms with E-state index < -0.39 is 0 Å². The van der Waals surface area contributed by atoms with Crippen LogP contribution in [0.15, 0.2) is 176 Å². The fourth-order valence-electron chi connectivity index (χ4n) is 7.05. The molecule has 0 atom stereocenters. The van der Waals surface area contributed by atoms with Crippen LogP contribution >= 0.6 is 0 Å². The lowest BCUT2D eigenvalue weighted by molar-refractivity contribution is 1.17. The van der Waals surface area contributed by atoms with Crippen LogP contribution in [0.1, 0.15) is 0 Å². The second kappa shape index (κ2) is 10.3. The second-order valence-electron chi connectivity index (χ2n) is 11.4. The van der Waals surface area contributed by atoms with Crippen LogP contribution in [0.3, 0.4) is 0 Å². The van der Waals surface area contributed by atoms with E-state index in [1.807, 2.05) is 0 Å². The van der Waals surface area contributed by atoms with Crippen molar-refractivity contribution in [3.05, 3.63) is 176 Å². The van der Waals surface area contributed by atoms with E-state index in [0.717, 1.165) is 28.4 Å². The van der Waals surface area contributed by atoms with Gasteiger partial charge < -0.3 is 14.0 Å². The second-order valence-corrected chi connectivity index (χ2v) is 11.4. The van der Waals surface area contributed by atoms with E-state index in [-0.39, 0.29) is 0 Å². The molecule has 0 fully saturated rings. The Bertz CT molecular complexity index is 2470. The summed E-state index contributed by atoms with van der Waals surface area (Å²) >= 11 is 0. The summed E-state index contributed by atoms with van der Waals surface area (Å²) in [6.07, 6.45) is 0. The molecular weight excluding hydrogens is 546 g/mol. The van der Waals surface area contributed by atoms with E-state index in [0.29, 0.717) is 0 Å². The highest BCUT2D eigenvalue weighted by atomic mass is 15.2. The molecule has 0 spiro atoms. The Kier molecular flexibility index (Phi) is 5.82. The minimum Gasteiger partial charge on any atom is -0.309 e. The smallest absolute Gasteiger partial charge is 0.0782 e. The van der Waals surface area contributed by atoms with Gasteiger partial charge in [0.25, 0.3) is 0 Å². The molecule has 0 radical (unpaired) electrons. The highest BCUT2D eigenvalue weighted by molar-refractivity contribution is 6.19. The van der Waals surface area contributed by atoms with Gasteiger partial charge in [0.05, 0.1) is 33.4 Å². The van der Waals surface area contributed by atoms with Gasteiger partial charge in [0.1, 0.15) is 0 Å². The molecule has 0 bridgehead atoms. The Morgan fingerprint density at radius 1 is 0.333 bits per heavy atom. The van der Waals surface area contributed by atoms with Crippen LogP contribution < -0.4 is 4.90 Å². The van der Waals surface area contributed by atoms with Crippen molar-refractivity contribution in [3.63, 3.8) is 0 Å². The first-order chi connectivity index (χ1) is 22.4. The fourth-order valence-corrected chi connectivity index (χ4v) is 7.05. The van der Waals surface area contributed by atoms with E-state index >= 15 is 0 Å². The molecule has 0 unspecified atom stereocenters. The predicted octanol–water partition coefficient (Wildman–Crippen LogP) is 11.4. The zero-order valence-electron chi connectivity index (χ0n) is 24.6. The highest BCUT2D eigenvalue weighted by Gasteiger charge is 2.24. The van der Waals surface area contributed by atoms with E-state index in [4.69, 9.17) is 0 Å². The lowest BCUT2D eigenvalue weighted by atomic mass is 10.1. The maximum atomic E-state index is 2.45. The van der Waals surface area contributed by atoms with Gasteiger partial charge in [-0.1, -0.05) is 109 Å².